The summed E-state index contributed by atoms with van der Waals surface area (Å²) in [6.45, 7) is 3.90. The van der Waals surface area contributed by atoms with Crippen LogP contribution in [0, 0.1) is 19.7 Å². The van der Waals surface area contributed by atoms with Gasteiger partial charge in [-0.05, 0) is 55.3 Å². The molecule has 0 unspecified atom stereocenters. The van der Waals surface area contributed by atoms with Crippen LogP contribution in [-0.4, -0.2) is 20.7 Å². The topological polar surface area (TPSA) is 73.8 Å². The third kappa shape index (κ3) is 2.83. The standard InChI is InChI=1S/C17H15FN4O/c1-10-3-4-11(2)14(9-10)22-17(20-16(21-22)15(19)23)12-5-7-13(18)8-6-12/h3-9H,1-2H3,(H2,19,23). The highest BCUT2D eigenvalue weighted by Gasteiger charge is 2.18. The van der Waals surface area contributed by atoms with Gasteiger partial charge in [0.1, 0.15) is 5.82 Å². The van der Waals surface area contributed by atoms with Crippen molar-refractivity contribution in [1.29, 1.82) is 0 Å². The van der Waals surface area contributed by atoms with Crippen LogP contribution >= 0.6 is 0 Å². The number of aryl methyl sites for hydroxylation is 2. The molecule has 1 amide bonds. The van der Waals surface area contributed by atoms with Crippen molar-refractivity contribution in [3.05, 3.63) is 65.2 Å². The third-order valence-electron chi connectivity index (χ3n) is 3.52. The lowest BCUT2D eigenvalue weighted by molar-refractivity contribution is 0.0990. The average molecular weight is 310 g/mol. The van der Waals surface area contributed by atoms with Gasteiger partial charge in [0.2, 0.25) is 5.82 Å². The van der Waals surface area contributed by atoms with E-state index in [1.54, 1.807) is 16.8 Å². The Morgan fingerprint density at radius 1 is 1.13 bits per heavy atom. The summed E-state index contributed by atoms with van der Waals surface area (Å²) < 4.78 is 14.7. The minimum absolute atomic E-state index is 0.0785. The van der Waals surface area contributed by atoms with Gasteiger partial charge in [0.15, 0.2) is 5.82 Å². The molecule has 0 bridgehead atoms. The predicted molar refractivity (Wildman–Crippen MR) is 84.7 cm³/mol. The fourth-order valence-corrected chi connectivity index (χ4v) is 2.32. The number of carbonyl (C=O) groups is 1. The SMILES string of the molecule is Cc1ccc(C)c(-n2nc(C(N)=O)nc2-c2ccc(F)cc2)c1. The molecule has 0 fully saturated rings. The summed E-state index contributed by atoms with van der Waals surface area (Å²) >= 11 is 0. The monoisotopic (exact) mass is 310 g/mol. The second-order valence-corrected chi connectivity index (χ2v) is 5.33. The second-order valence-electron chi connectivity index (χ2n) is 5.33. The van der Waals surface area contributed by atoms with E-state index < -0.39 is 5.91 Å². The molecule has 116 valence electrons. The van der Waals surface area contributed by atoms with Gasteiger partial charge >= 0.3 is 0 Å². The summed E-state index contributed by atoms with van der Waals surface area (Å²) in [6, 6.07) is 11.7. The Bertz CT molecular complexity index is 884. The first kappa shape index (κ1) is 14.9. The van der Waals surface area contributed by atoms with Crippen LogP contribution in [0.4, 0.5) is 4.39 Å². The highest BCUT2D eigenvalue weighted by molar-refractivity contribution is 5.89. The molecule has 1 heterocycles. The van der Waals surface area contributed by atoms with Crippen molar-refractivity contribution in [3.8, 4) is 17.1 Å². The largest absolute Gasteiger partial charge is 0.363 e. The van der Waals surface area contributed by atoms with Gasteiger partial charge in [0, 0.05) is 5.56 Å². The molecule has 2 N–H and O–H groups in total. The number of aromatic nitrogens is 3. The summed E-state index contributed by atoms with van der Waals surface area (Å²) in [6.07, 6.45) is 0. The number of halogens is 1. The van der Waals surface area contributed by atoms with Crippen LogP contribution in [0.25, 0.3) is 17.1 Å². The molecule has 2 aromatic carbocycles. The van der Waals surface area contributed by atoms with Crippen molar-refractivity contribution >= 4 is 5.91 Å². The number of nitrogens with two attached hydrogens (primary N) is 1. The summed E-state index contributed by atoms with van der Waals surface area (Å²) in [7, 11) is 0. The molecule has 0 atom stereocenters. The van der Waals surface area contributed by atoms with Crippen molar-refractivity contribution in [2.75, 3.05) is 0 Å². The number of primary amides is 1. The molecule has 1 aromatic heterocycles. The van der Waals surface area contributed by atoms with Crippen LogP contribution < -0.4 is 5.73 Å². The predicted octanol–water partition coefficient (Wildman–Crippen LogP) is 2.79. The van der Waals surface area contributed by atoms with Crippen LogP contribution in [0.5, 0.6) is 0 Å². The number of hydrogen-bond acceptors (Lipinski definition) is 3. The van der Waals surface area contributed by atoms with E-state index >= 15 is 0 Å². The van der Waals surface area contributed by atoms with E-state index in [2.05, 4.69) is 10.1 Å². The Hall–Kier alpha value is -3.02. The minimum atomic E-state index is -0.711. The molecule has 0 aliphatic rings. The van der Waals surface area contributed by atoms with E-state index in [4.69, 9.17) is 5.73 Å². The summed E-state index contributed by atoms with van der Waals surface area (Å²) in [5.41, 5.74) is 8.77. The lowest BCUT2D eigenvalue weighted by atomic mass is 10.1. The van der Waals surface area contributed by atoms with Gasteiger partial charge in [-0.25, -0.2) is 14.1 Å². The molecule has 0 aliphatic carbocycles. The maximum atomic E-state index is 13.2. The highest BCUT2D eigenvalue weighted by Crippen LogP contribution is 2.24. The molecular weight excluding hydrogens is 295 g/mol. The molecular formula is C17H15FN4O. The van der Waals surface area contributed by atoms with Crippen molar-refractivity contribution < 1.29 is 9.18 Å². The quantitative estimate of drug-likeness (QED) is 0.808. The van der Waals surface area contributed by atoms with Crippen LogP contribution in [0.1, 0.15) is 21.7 Å². The Morgan fingerprint density at radius 2 is 1.83 bits per heavy atom. The molecule has 0 spiro atoms. The molecule has 0 aliphatic heterocycles. The van der Waals surface area contributed by atoms with Gasteiger partial charge < -0.3 is 5.73 Å². The first-order valence-electron chi connectivity index (χ1n) is 7.06. The summed E-state index contributed by atoms with van der Waals surface area (Å²) in [4.78, 5) is 15.7. The molecule has 0 saturated heterocycles. The first-order valence-corrected chi connectivity index (χ1v) is 7.06. The van der Waals surface area contributed by atoms with Gasteiger partial charge in [-0.3, -0.25) is 4.79 Å². The third-order valence-corrected chi connectivity index (χ3v) is 3.52. The minimum Gasteiger partial charge on any atom is -0.363 e. The molecule has 0 radical (unpaired) electrons. The number of carbonyl (C=O) groups excluding carboxylic acids is 1. The fourth-order valence-electron chi connectivity index (χ4n) is 2.32. The summed E-state index contributed by atoms with van der Waals surface area (Å²) in [5, 5.41) is 4.22. The fraction of sp³-hybridized carbons (Fsp3) is 0.118. The Morgan fingerprint density at radius 3 is 2.48 bits per heavy atom. The second kappa shape index (κ2) is 5.64. The van der Waals surface area contributed by atoms with Crippen molar-refractivity contribution in [2.45, 2.75) is 13.8 Å². The van der Waals surface area contributed by atoms with E-state index in [0.29, 0.717) is 11.4 Å². The van der Waals surface area contributed by atoms with Crippen LogP contribution in [-0.2, 0) is 0 Å². The number of rotatable bonds is 3. The van der Waals surface area contributed by atoms with E-state index in [1.165, 1.54) is 12.1 Å². The van der Waals surface area contributed by atoms with Crippen LogP contribution in [0.15, 0.2) is 42.5 Å². The van der Waals surface area contributed by atoms with Crippen molar-refractivity contribution in [2.24, 2.45) is 5.73 Å². The normalized spacial score (nSPS) is 10.7. The van der Waals surface area contributed by atoms with Gasteiger partial charge in [-0.15, -0.1) is 5.10 Å². The molecule has 0 saturated carbocycles. The maximum Gasteiger partial charge on any atom is 0.288 e. The molecule has 5 nitrogen and oxygen atoms in total. The van der Waals surface area contributed by atoms with E-state index in [-0.39, 0.29) is 11.6 Å². The van der Waals surface area contributed by atoms with E-state index in [9.17, 15) is 9.18 Å². The van der Waals surface area contributed by atoms with Crippen LogP contribution in [0.3, 0.4) is 0 Å². The number of nitrogens with zero attached hydrogens (tertiary/aromatic N) is 3. The number of benzene rings is 2. The number of hydrogen-bond donors (Lipinski definition) is 1. The lowest BCUT2D eigenvalue weighted by Gasteiger charge is -2.10. The van der Waals surface area contributed by atoms with Crippen molar-refractivity contribution in [1.82, 2.24) is 14.8 Å². The van der Waals surface area contributed by atoms with Gasteiger partial charge in [-0.2, -0.15) is 0 Å². The number of amides is 1. The highest BCUT2D eigenvalue weighted by atomic mass is 19.1. The van der Waals surface area contributed by atoms with Crippen molar-refractivity contribution in [3.63, 3.8) is 0 Å². The van der Waals surface area contributed by atoms with Gasteiger partial charge in [-0.1, -0.05) is 12.1 Å². The summed E-state index contributed by atoms with van der Waals surface area (Å²) in [5.74, 6) is -0.697. The van der Waals surface area contributed by atoms with Gasteiger partial charge in [0.25, 0.3) is 5.91 Å². The zero-order valence-electron chi connectivity index (χ0n) is 12.7. The Balaban J connectivity index is 2.25. The smallest absolute Gasteiger partial charge is 0.288 e. The zero-order valence-corrected chi connectivity index (χ0v) is 12.7. The van der Waals surface area contributed by atoms with Crippen LogP contribution in [0.2, 0.25) is 0 Å². The first-order chi connectivity index (χ1) is 11.0. The Kier molecular flexibility index (Phi) is 3.65. The van der Waals surface area contributed by atoms with E-state index in [0.717, 1.165) is 16.8 Å². The molecule has 3 rings (SSSR count). The maximum absolute atomic E-state index is 13.2. The molecule has 6 heteroatoms. The average Bonchev–Trinajstić information content (AvgIpc) is 2.96. The van der Waals surface area contributed by atoms with Gasteiger partial charge in [0.05, 0.1) is 5.69 Å². The molecule has 3 aromatic rings. The molecule has 23 heavy (non-hydrogen) atoms. The lowest BCUT2D eigenvalue weighted by Crippen LogP contribution is -2.13. The zero-order chi connectivity index (χ0) is 16.6. The van der Waals surface area contributed by atoms with E-state index in [1.807, 2.05) is 32.0 Å². The Labute approximate surface area is 132 Å².